The Morgan fingerprint density at radius 3 is 3.00 bits per heavy atom. The van der Waals surface area contributed by atoms with E-state index >= 15 is 0 Å². The molecule has 0 aliphatic carbocycles. The molecule has 1 heterocycles. The van der Waals surface area contributed by atoms with Gasteiger partial charge in [-0.25, -0.2) is 4.98 Å². The highest BCUT2D eigenvalue weighted by atomic mass is 32.1. The fraction of sp³-hybridized carbons (Fsp3) is 0.250. The van der Waals surface area contributed by atoms with Crippen LogP contribution in [0, 0.1) is 6.92 Å². The van der Waals surface area contributed by atoms with Crippen molar-refractivity contribution in [3.63, 3.8) is 0 Å². The molecule has 0 unspecified atom stereocenters. The van der Waals surface area contributed by atoms with Crippen molar-refractivity contribution in [2.45, 2.75) is 20.0 Å². The molecule has 2 rings (SSSR count). The predicted molar refractivity (Wildman–Crippen MR) is 68.2 cm³/mol. The van der Waals surface area contributed by atoms with E-state index in [9.17, 15) is 0 Å². The van der Waals surface area contributed by atoms with Gasteiger partial charge in [-0.3, -0.25) is 0 Å². The Morgan fingerprint density at radius 1 is 1.38 bits per heavy atom. The van der Waals surface area contributed by atoms with Gasteiger partial charge in [-0.15, -0.1) is 11.3 Å². The minimum atomic E-state index is 0.803. The van der Waals surface area contributed by atoms with E-state index in [1.165, 1.54) is 5.56 Å². The summed E-state index contributed by atoms with van der Waals surface area (Å²) in [7, 11) is 0. The zero-order valence-electron chi connectivity index (χ0n) is 9.23. The van der Waals surface area contributed by atoms with Gasteiger partial charge in [-0.1, -0.05) is 12.1 Å². The molecule has 0 radical (unpaired) electrons. The van der Waals surface area contributed by atoms with E-state index in [1.54, 1.807) is 11.3 Å². The van der Waals surface area contributed by atoms with Crippen molar-refractivity contribution in [2.75, 3.05) is 5.73 Å². The number of nitrogens with two attached hydrogens (primary N) is 1. The smallest absolute Gasteiger partial charge is 0.0795 e. The maximum Gasteiger partial charge on any atom is 0.0795 e. The molecule has 84 valence electrons. The Balaban J connectivity index is 1.92. The number of hydrogen-bond acceptors (Lipinski definition) is 4. The molecule has 0 aliphatic heterocycles. The number of rotatable bonds is 4. The Kier molecular flexibility index (Phi) is 3.54. The van der Waals surface area contributed by atoms with E-state index in [2.05, 4.69) is 28.7 Å². The van der Waals surface area contributed by atoms with Gasteiger partial charge >= 0.3 is 0 Å². The zero-order valence-corrected chi connectivity index (χ0v) is 10.1. The van der Waals surface area contributed by atoms with E-state index in [-0.39, 0.29) is 0 Å². The van der Waals surface area contributed by atoms with Gasteiger partial charge < -0.3 is 11.1 Å². The SMILES string of the molecule is Cc1c(N)cccc1CNCc1cscn1. The molecule has 3 nitrogen and oxygen atoms in total. The van der Waals surface area contributed by atoms with Crippen molar-refractivity contribution in [2.24, 2.45) is 0 Å². The van der Waals surface area contributed by atoms with Crippen molar-refractivity contribution in [1.82, 2.24) is 10.3 Å². The van der Waals surface area contributed by atoms with Gasteiger partial charge in [0.25, 0.3) is 0 Å². The lowest BCUT2D eigenvalue weighted by molar-refractivity contribution is 0.680. The molecule has 0 amide bonds. The summed E-state index contributed by atoms with van der Waals surface area (Å²) in [6.45, 7) is 3.68. The number of anilines is 1. The van der Waals surface area contributed by atoms with E-state index in [4.69, 9.17) is 5.73 Å². The van der Waals surface area contributed by atoms with Crippen LogP contribution in [0.3, 0.4) is 0 Å². The van der Waals surface area contributed by atoms with Crippen LogP contribution in [0.25, 0.3) is 0 Å². The van der Waals surface area contributed by atoms with Gasteiger partial charge in [0.2, 0.25) is 0 Å². The molecule has 0 saturated heterocycles. The second kappa shape index (κ2) is 5.09. The number of aromatic nitrogens is 1. The van der Waals surface area contributed by atoms with Gasteiger partial charge in [0, 0.05) is 24.2 Å². The summed E-state index contributed by atoms with van der Waals surface area (Å²) in [5, 5.41) is 5.42. The quantitative estimate of drug-likeness (QED) is 0.797. The van der Waals surface area contributed by atoms with E-state index in [0.717, 1.165) is 30.0 Å². The number of nitrogens with zero attached hydrogens (tertiary/aromatic N) is 1. The summed E-state index contributed by atoms with van der Waals surface area (Å²) in [5.74, 6) is 0. The van der Waals surface area contributed by atoms with E-state index in [0.29, 0.717) is 0 Å². The fourth-order valence-electron chi connectivity index (χ4n) is 1.54. The summed E-state index contributed by atoms with van der Waals surface area (Å²) >= 11 is 1.62. The number of hydrogen-bond donors (Lipinski definition) is 2. The van der Waals surface area contributed by atoms with Gasteiger partial charge in [-0.2, -0.15) is 0 Å². The third-order valence-electron chi connectivity index (χ3n) is 2.59. The van der Waals surface area contributed by atoms with Crippen molar-refractivity contribution in [1.29, 1.82) is 0 Å². The molecule has 1 aromatic heterocycles. The lowest BCUT2D eigenvalue weighted by Gasteiger charge is -2.08. The minimum absolute atomic E-state index is 0.803. The molecule has 4 heteroatoms. The summed E-state index contributed by atoms with van der Waals surface area (Å²) < 4.78 is 0. The first-order chi connectivity index (χ1) is 7.77. The van der Waals surface area contributed by atoms with Gasteiger partial charge in [-0.05, 0) is 24.1 Å². The van der Waals surface area contributed by atoms with Crippen molar-refractivity contribution < 1.29 is 0 Å². The van der Waals surface area contributed by atoms with Crippen LogP contribution in [0.1, 0.15) is 16.8 Å². The molecule has 16 heavy (non-hydrogen) atoms. The summed E-state index contributed by atoms with van der Waals surface area (Å²) in [5.41, 5.74) is 12.0. The van der Waals surface area contributed by atoms with Crippen molar-refractivity contribution in [3.8, 4) is 0 Å². The predicted octanol–water partition coefficient (Wildman–Crippen LogP) is 2.32. The lowest BCUT2D eigenvalue weighted by Crippen LogP contribution is -2.14. The van der Waals surface area contributed by atoms with Crippen molar-refractivity contribution in [3.05, 3.63) is 45.9 Å². The van der Waals surface area contributed by atoms with Crippen LogP contribution in [0.5, 0.6) is 0 Å². The standard InChI is InChI=1S/C12H15N3S/c1-9-10(3-2-4-12(9)13)5-14-6-11-7-16-8-15-11/h2-4,7-8,14H,5-6,13H2,1H3. The number of thiazole rings is 1. The van der Waals surface area contributed by atoms with Crippen LogP contribution in [0.4, 0.5) is 5.69 Å². The van der Waals surface area contributed by atoms with Crippen LogP contribution < -0.4 is 11.1 Å². The molecule has 0 spiro atoms. The summed E-state index contributed by atoms with van der Waals surface area (Å²) in [4.78, 5) is 4.22. The molecular formula is C12H15N3S. The third-order valence-corrected chi connectivity index (χ3v) is 3.23. The fourth-order valence-corrected chi connectivity index (χ4v) is 2.10. The second-order valence-electron chi connectivity index (χ2n) is 3.71. The number of benzene rings is 1. The first kappa shape index (κ1) is 11.1. The largest absolute Gasteiger partial charge is 0.399 e. The average Bonchev–Trinajstić information content (AvgIpc) is 2.77. The zero-order chi connectivity index (χ0) is 11.4. The highest BCUT2D eigenvalue weighted by Gasteiger charge is 2.01. The first-order valence-electron chi connectivity index (χ1n) is 5.19. The maximum absolute atomic E-state index is 5.85. The third kappa shape index (κ3) is 2.59. The maximum atomic E-state index is 5.85. The molecule has 0 aliphatic rings. The average molecular weight is 233 g/mol. The number of nitrogen functional groups attached to an aromatic ring is 1. The van der Waals surface area contributed by atoms with Crippen LogP contribution in [-0.2, 0) is 13.1 Å². The van der Waals surface area contributed by atoms with Crippen LogP contribution in [-0.4, -0.2) is 4.98 Å². The topological polar surface area (TPSA) is 50.9 Å². The van der Waals surface area contributed by atoms with Gasteiger partial charge in [0.15, 0.2) is 0 Å². The molecule has 1 aromatic carbocycles. The highest BCUT2D eigenvalue weighted by Crippen LogP contribution is 2.15. The van der Waals surface area contributed by atoms with Crippen LogP contribution in [0.15, 0.2) is 29.1 Å². The molecule has 0 atom stereocenters. The number of nitrogens with one attached hydrogen (secondary N) is 1. The Hall–Kier alpha value is -1.39. The van der Waals surface area contributed by atoms with Crippen LogP contribution in [0.2, 0.25) is 0 Å². The van der Waals surface area contributed by atoms with E-state index in [1.807, 2.05) is 17.6 Å². The van der Waals surface area contributed by atoms with E-state index < -0.39 is 0 Å². The summed E-state index contributed by atoms with van der Waals surface area (Å²) in [6.07, 6.45) is 0. The normalized spacial score (nSPS) is 10.6. The Bertz CT molecular complexity index is 451. The first-order valence-corrected chi connectivity index (χ1v) is 6.13. The van der Waals surface area contributed by atoms with Crippen LogP contribution >= 0.6 is 11.3 Å². The minimum Gasteiger partial charge on any atom is -0.399 e. The molecule has 0 bridgehead atoms. The monoisotopic (exact) mass is 233 g/mol. The lowest BCUT2D eigenvalue weighted by atomic mass is 10.1. The molecule has 0 saturated carbocycles. The van der Waals surface area contributed by atoms with Crippen molar-refractivity contribution >= 4 is 17.0 Å². The van der Waals surface area contributed by atoms with Gasteiger partial charge in [0.05, 0.1) is 11.2 Å². The molecule has 0 fully saturated rings. The molecular weight excluding hydrogens is 218 g/mol. The second-order valence-corrected chi connectivity index (χ2v) is 4.43. The summed E-state index contributed by atoms with van der Waals surface area (Å²) in [6, 6.07) is 6.02. The molecule has 3 N–H and O–H groups in total. The Morgan fingerprint density at radius 2 is 2.25 bits per heavy atom. The Labute approximate surface area is 99.3 Å². The van der Waals surface area contributed by atoms with Gasteiger partial charge in [0.1, 0.15) is 0 Å². The molecule has 2 aromatic rings. The highest BCUT2D eigenvalue weighted by molar-refractivity contribution is 7.07.